The highest BCUT2D eigenvalue weighted by atomic mass is 32.2. The third-order valence-corrected chi connectivity index (χ3v) is 9.94. The molecule has 3 aliphatic heterocycles. The second kappa shape index (κ2) is 8.86. The molecule has 4 heterocycles. The summed E-state index contributed by atoms with van der Waals surface area (Å²) in [5.74, 6) is -0.722. The number of thiocarbonyl (C=S) groups is 1. The Bertz CT molecular complexity index is 1470. The number of anilines is 1. The van der Waals surface area contributed by atoms with E-state index < -0.39 is 22.0 Å². The molecule has 6 rings (SSSR count). The van der Waals surface area contributed by atoms with Crippen LogP contribution in [-0.2, 0) is 21.7 Å². The molecular formula is C28H25FN4O3S2. The van der Waals surface area contributed by atoms with Crippen LogP contribution in [0.25, 0.3) is 0 Å². The number of halogens is 1. The zero-order chi connectivity index (χ0) is 26.8. The number of likely N-dealkylation sites (N-methyl/N-ethyl adjacent to an activating group) is 2. The summed E-state index contributed by atoms with van der Waals surface area (Å²) < 4.78 is 19.1. The van der Waals surface area contributed by atoms with Crippen LogP contribution in [0.2, 0.25) is 0 Å². The summed E-state index contributed by atoms with van der Waals surface area (Å²) in [6, 6.07) is 15.5. The summed E-state index contributed by atoms with van der Waals surface area (Å²) >= 11 is 7.08. The van der Waals surface area contributed by atoms with Gasteiger partial charge in [-0.2, -0.15) is 0 Å². The number of thioether (sulfide) groups is 1. The minimum Gasteiger partial charge on any atom is -0.497 e. The van der Waals surface area contributed by atoms with Crippen LogP contribution in [0.4, 0.5) is 10.1 Å². The average molecular weight is 549 g/mol. The van der Waals surface area contributed by atoms with E-state index in [0.29, 0.717) is 27.9 Å². The number of hydrogen-bond donors (Lipinski definition) is 0. The molecule has 2 fully saturated rings. The van der Waals surface area contributed by atoms with E-state index in [-0.39, 0.29) is 18.4 Å². The number of amides is 2. The number of carbonyl (C=O) groups excluding carboxylic acids is 2. The number of carbonyl (C=O) groups is 2. The SMILES string of the molecule is COc1ccc(CN2C(=O)[C@@]3(SC2=S)C(c2cccnc2)CN(C)[C@]32C(=O)N(C)c3ccc(F)cc32)cc1. The highest BCUT2D eigenvalue weighted by molar-refractivity contribution is 8.25. The van der Waals surface area contributed by atoms with Crippen molar-refractivity contribution < 1.29 is 18.7 Å². The first-order valence-electron chi connectivity index (χ1n) is 12.1. The van der Waals surface area contributed by atoms with Gasteiger partial charge in [0.15, 0.2) is 5.54 Å². The summed E-state index contributed by atoms with van der Waals surface area (Å²) in [4.78, 5) is 38.4. The number of methoxy groups -OCH3 is 1. The van der Waals surface area contributed by atoms with E-state index >= 15 is 0 Å². The first-order valence-corrected chi connectivity index (χ1v) is 13.4. The van der Waals surface area contributed by atoms with Gasteiger partial charge >= 0.3 is 0 Å². The molecule has 2 aromatic carbocycles. The minimum absolute atomic E-state index is 0.246. The predicted molar refractivity (Wildman–Crippen MR) is 148 cm³/mol. The standard InChI is InChI=1S/C28H25FN4O3S2/c1-31-16-22(18-5-4-12-30-14-18)28(27(31)21-13-19(29)8-11-23(21)32(2)24(27)34)25(35)33(26(37)38-28)15-17-6-9-20(36-3)10-7-17/h4-14,22H,15-16H2,1-3H3/t22?,27-,28+/m1/s1. The molecule has 7 nitrogen and oxygen atoms in total. The van der Waals surface area contributed by atoms with Crippen molar-refractivity contribution in [2.24, 2.45) is 0 Å². The van der Waals surface area contributed by atoms with E-state index in [1.807, 2.05) is 48.3 Å². The number of hydrogen-bond acceptors (Lipinski definition) is 7. The zero-order valence-electron chi connectivity index (χ0n) is 21.1. The van der Waals surface area contributed by atoms with Crippen molar-refractivity contribution in [3.05, 3.63) is 89.5 Å². The van der Waals surface area contributed by atoms with Crippen LogP contribution in [0.1, 0.15) is 22.6 Å². The summed E-state index contributed by atoms with van der Waals surface area (Å²) in [7, 11) is 5.09. The maximum absolute atomic E-state index is 14.8. The quantitative estimate of drug-likeness (QED) is 0.458. The Kier molecular flexibility index (Phi) is 5.82. The largest absolute Gasteiger partial charge is 0.497 e. The molecular weight excluding hydrogens is 523 g/mol. The van der Waals surface area contributed by atoms with Gasteiger partial charge in [0, 0.05) is 43.2 Å². The Morgan fingerprint density at radius 3 is 2.58 bits per heavy atom. The van der Waals surface area contributed by atoms with Crippen LogP contribution < -0.4 is 9.64 Å². The lowest BCUT2D eigenvalue weighted by Crippen LogP contribution is -2.62. The van der Waals surface area contributed by atoms with Crippen molar-refractivity contribution in [2.75, 3.05) is 32.6 Å². The number of fused-ring (bicyclic) bond motifs is 3. The van der Waals surface area contributed by atoms with Crippen LogP contribution in [0, 0.1) is 5.82 Å². The molecule has 0 N–H and O–H groups in total. The number of ether oxygens (including phenoxy) is 1. The van der Waals surface area contributed by atoms with Gasteiger partial charge in [-0.1, -0.05) is 42.2 Å². The van der Waals surface area contributed by atoms with Gasteiger partial charge in [-0.05, 0) is 54.6 Å². The van der Waals surface area contributed by atoms with Crippen molar-refractivity contribution in [1.82, 2.24) is 14.8 Å². The van der Waals surface area contributed by atoms with Crippen molar-refractivity contribution in [1.29, 1.82) is 0 Å². The Hall–Kier alpha value is -3.34. The second-order valence-electron chi connectivity index (χ2n) is 9.80. The smallest absolute Gasteiger partial charge is 0.254 e. The minimum atomic E-state index is -1.46. The number of pyridine rings is 1. The molecule has 3 atom stereocenters. The number of nitrogens with zero attached hydrogens (tertiary/aromatic N) is 4. The molecule has 0 saturated carbocycles. The molecule has 1 aromatic heterocycles. The van der Waals surface area contributed by atoms with E-state index in [1.54, 1.807) is 37.5 Å². The highest BCUT2D eigenvalue weighted by Crippen LogP contribution is 2.66. The zero-order valence-corrected chi connectivity index (χ0v) is 22.7. The van der Waals surface area contributed by atoms with Gasteiger partial charge in [0.05, 0.1) is 13.7 Å². The van der Waals surface area contributed by atoms with Gasteiger partial charge in [-0.25, -0.2) is 4.39 Å². The van der Waals surface area contributed by atoms with E-state index in [9.17, 15) is 14.0 Å². The fraction of sp³-hybridized carbons (Fsp3) is 0.286. The molecule has 38 heavy (non-hydrogen) atoms. The van der Waals surface area contributed by atoms with Crippen molar-refractivity contribution >= 4 is 45.8 Å². The first kappa shape index (κ1) is 25.0. The van der Waals surface area contributed by atoms with Gasteiger partial charge in [-0.3, -0.25) is 24.4 Å². The molecule has 3 aliphatic rings. The van der Waals surface area contributed by atoms with Crippen molar-refractivity contribution in [3.8, 4) is 5.75 Å². The van der Waals surface area contributed by atoms with E-state index in [0.717, 1.165) is 11.1 Å². The van der Waals surface area contributed by atoms with E-state index in [1.165, 1.54) is 28.8 Å². The molecule has 2 amide bonds. The molecule has 0 radical (unpaired) electrons. The lowest BCUT2D eigenvalue weighted by atomic mass is 9.72. The van der Waals surface area contributed by atoms with E-state index in [4.69, 9.17) is 17.0 Å². The fourth-order valence-electron chi connectivity index (χ4n) is 6.30. The third kappa shape index (κ3) is 3.17. The fourth-order valence-corrected chi connectivity index (χ4v) is 8.43. The Labute approximate surface area is 229 Å². The topological polar surface area (TPSA) is 66.0 Å². The molecule has 1 unspecified atom stereocenters. The number of rotatable bonds is 4. The van der Waals surface area contributed by atoms with Crippen molar-refractivity contribution in [3.63, 3.8) is 0 Å². The van der Waals surface area contributed by atoms with Crippen LogP contribution in [-0.4, -0.2) is 63.4 Å². The number of benzene rings is 2. The molecule has 194 valence electrons. The van der Waals surface area contributed by atoms with Crippen LogP contribution in [0.15, 0.2) is 67.0 Å². The number of aromatic nitrogens is 1. The van der Waals surface area contributed by atoms with Gasteiger partial charge in [0.2, 0.25) is 5.91 Å². The van der Waals surface area contributed by atoms with Crippen LogP contribution in [0.5, 0.6) is 5.75 Å². The van der Waals surface area contributed by atoms with Crippen LogP contribution in [0.3, 0.4) is 0 Å². The lowest BCUT2D eigenvalue weighted by Gasteiger charge is -2.42. The summed E-state index contributed by atoms with van der Waals surface area (Å²) in [5, 5.41) is 0. The molecule has 10 heteroatoms. The summed E-state index contributed by atoms with van der Waals surface area (Å²) in [6.45, 7) is 0.634. The highest BCUT2D eigenvalue weighted by Gasteiger charge is 2.78. The van der Waals surface area contributed by atoms with Crippen molar-refractivity contribution in [2.45, 2.75) is 22.7 Å². The third-order valence-electron chi connectivity index (χ3n) is 8.00. The van der Waals surface area contributed by atoms with Gasteiger partial charge in [0.1, 0.15) is 20.6 Å². The monoisotopic (exact) mass is 548 g/mol. The molecule has 3 aromatic rings. The van der Waals surface area contributed by atoms with Crippen LogP contribution >= 0.6 is 24.0 Å². The molecule has 2 spiro atoms. The summed E-state index contributed by atoms with van der Waals surface area (Å²) in [6.07, 6.45) is 3.41. The first-order chi connectivity index (χ1) is 18.3. The Morgan fingerprint density at radius 2 is 1.89 bits per heavy atom. The van der Waals surface area contributed by atoms with Gasteiger partial charge in [-0.15, -0.1) is 0 Å². The molecule has 0 aliphatic carbocycles. The lowest BCUT2D eigenvalue weighted by molar-refractivity contribution is -0.139. The molecule has 2 saturated heterocycles. The maximum Gasteiger partial charge on any atom is 0.254 e. The van der Waals surface area contributed by atoms with Gasteiger partial charge in [0.25, 0.3) is 5.91 Å². The van der Waals surface area contributed by atoms with E-state index in [2.05, 4.69) is 4.98 Å². The number of likely N-dealkylation sites (tertiary alicyclic amines) is 1. The Balaban J connectivity index is 1.56. The second-order valence-corrected chi connectivity index (χ2v) is 11.7. The average Bonchev–Trinajstić information content (AvgIpc) is 3.43. The summed E-state index contributed by atoms with van der Waals surface area (Å²) in [5.41, 5.74) is 1.31. The normalized spacial score (nSPS) is 26.7. The Morgan fingerprint density at radius 1 is 1.13 bits per heavy atom. The predicted octanol–water partition coefficient (Wildman–Crippen LogP) is 3.93. The van der Waals surface area contributed by atoms with Gasteiger partial charge < -0.3 is 9.64 Å². The maximum atomic E-state index is 14.8. The molecule has 0 bridgehead atoms.